The number of hydrogen-bond acceptors (Lipinski definition) is 4. The maximum Gasteiger partial charge on any atom is 0.288 e. The number of hydrogen-bond donors (Lipinski definition) is 0. The van der Waals surface area contributed by atoms with E-state index < -0.39 is 0 Å². The maximum atomic E-state index is 5.65. The fraction of sp³-hybridized carbons (Fsp3) is 0.222. The third-order valence-corrected chi connectivity index (χ3v) is 4.46. The van der Waals surface area contributed by atoms with Crippen molar-refractivity contribution in [2.24, 2.45) is 0 Å². The van der Waals surface area contributed by atoms with Crippen molar-refractivity contribution in [2.75, 3.05) is 6.54 Å². The zero-order valence-electron chi connectivity index (χ0n) is 12.7. The van der Waals surface area contributed by atoms with Gasteiger partial charge in [-0.05, 0) is 41.9 Å². The molecule has 0 spiro atoms. The Morgan fingerprint density at radius 3 is 2.57 bits per heavy atom. The molecular weight excluding hydrogens is 306 g/mol. The quantitative estimate of drug-likeness (QED) is 0.685. The van der Waals surface area contributed by atoms with E-state index in [4.69, 9.17) is 16.6 Å². The summed E-state index contributed by atoms with van der Waals surface area (Å²) in [7, 11) is 0. The molecule has 1 aliphatic rings. The van der Waals surface area contributed by atoms with E-state index in [1.807, 2.05) is 30.3 Å². The Kier molecular flexibility index (Phi) is 3.81. The van der Waals surface area contributed by atoms with Crippen LogP contribution in [-0.4, -0.2) is 21.2 Å². The van der Waals surface area contributed by atoms with E-state index in [2.05, 4.69) is 34.3 Å². The van der Waals surface area contributed by atoms with Gasteiger partial charge < -0.3 is 4.42 Å². The molecule has 2 heterocycles. The molecule has 0 radical (unpaired) electrons. The van der Waals surface area contributed by atoms with Gasteiger partial charge in [0.05, 0.1) is 6.67 Å². The minimum absolute atomic E-state index is 0.419. The smallest absolute Gasteiger partial charge is 0.288 e. The molecule has 0 atom stereocenters. The first-order valence-electron chi connectivity index (χ1n) is 7.72. The van der Waals surface area contributed by atoms with Gasteiger partial charge in [0.2, 0.25) is 5.89 Å². The first-order valence-corrected chi connectivity index (χ1v) is 8.13. The summed E-state index contributed by atoms with van der Waals surface area (Å²) >= 11 is 5.33. The van der Waals surface area contributed by atoms with Crippen molar-refractivity contribution in [1.82, 2.24) is 14.7 Å². The zero-order chi connectivity index (χ0) is 15.6. The van der Waals surface area contributed by atoms with Gasteiger partial charge in [-0.3, -0.25) is 4.90 Å². The van der Waals surface area contributed by atoms with Crippen molar-refractivity contribution >= 4 is 12.2 Å². The first-order chi connectivity index (χ1) is 11.3. The van der Waals surface area contributed by atoms with Crippen LogP contribution < -0.4 is 0 Å². The van der Waals surface area contributed by atoms with Gasteiger partial charge in [0, 0.05) is 18.7 Å². The van der Waals surface area contributed by atoms with Crippen LogP contribution in [0.2, 0.25) is 0 Å². The van der Waals surface area contributed by atoms with Gasteiger partial charge in [-0.15, -0.1) is 5.10 Å². The Balaban J connectivity index is 1.54. The molecule has 4 nitrogen and oxygen atoms in total. The van der Waals surface area contributed by atoms with Gasteiger partial charge in [-0.1, -0.05) is 42.5 Å². The highest BCUT2D eigenvalue weighted by Gasteiger charge is 2.17. The van der Waals surface area contributed by atoms with E-state index in [0.29, 0.717) is 17.4 Å². The Hall–Kier alpha value is -2.24. The Morgan fingerprint density at radius 2 is 1.74 bits per heavy atom. The summed E-state index contributed by atoms with van der Waals surface area (Å²) in [6, 6.07) is 18.5. The minimum Gasteiger partial charge on any atom is -0.409 e. The van der Waals surface area contributed by atoms with Crippen LogP contribution in [0.15, 0.2) is 59.0 Å². The molecule has 0 aliphatic carbocycles. The van der Waals surface area contributed by atoms with Crippen LogP contribution in [0, 0.1) is 4.84 Å². The van der Waals surface area contributed by atoms with Gasteiger partial charge in [-0.25, -0.2) is 4.68 Å². The van der Waals surface area contributed by atoms with E-state index >= 15 is 0 Å². The lowest BCUT2D eigenvalue weighted by molar-refractivity contribution is 0.186. The van der Waals surface area contributed by atoms with Crippen LogP contribution in [0.3, 0.4) is 0 Å². The number of fused-ring (bicyclic) bond motifs is 1. The molecule has 1 aromatic heterocycles. The predicted octanol–water partition coefficient (Wildman–Crippen LogP) is 3.89. The van der Waals surface area contributed by atoms with Gasteiger partial charge in [0.1, 0.15) is 0 Å². The zero-order valence-corrected chi connectivity index (χ0v) is 13.5. The summed E-state index contributed by atoms with van der Waals surface area (Å²) in [5, 5.41) is 4.53. The molecule has 1 aliphatic heterocycles. The summed E-state index contributed by atoms with van der Waals surface area (Å²) in [5.41, 5.74) is 3.77. The van der Waals surface area contributed by atoms with Crippen LogP contribution in [0.4, 0.5) is 0 Å². The molecule has 0 saturated carbocycles. The average molecular weight is 323 g/mol. The van der Waals surface area contributed by atoms with Crippen LogP contribution >= 0.6 is 12.2 Å². The fourth-order valence-electron chi connectivity index (χ4n) is 2.96. The molecule has 2 aromatic carbocycles. The summed E-state index contributed by atoms with van der Waals surface area (Å²) in [6.07, 6.45) is 1.06. The first kappa shape index (κ1) is 14.4. The van der Waals surface area contributed by atoms with Gasteiger partial charge in [0.15, 0.2) is 0 Å². The highest BCUT2D eigenvalue weighted by Crippen LogP contribution is 2.20. The largest absolute Gasteiger partial charge is 0.409 e. The molecule has 116 valence electrons. The second-order valence-corrected chi connectivity index (χ2v) is 6.10. The topological polar surface area (TPSA) is 34.2 Å². The second kappa shape index (κ2) is 6.10. The fourth-order valence-corrected chi connectivity index (χ4v) is 3.13. The summed E-state index contributed by atoms with van der Waals surface area (Å²) in [5.74, 6) is 0.577. The van der Waals surface area contributed by atoms with Crippen molar-refractivity contribution in [3.05, 3.63) is 70.6 Å². The standard InChI is InChI=1S/C18H17N3OS/c23-18-21(19-17(22-18)15-7-2-1-3-8-15)13-20-11-10-14-6-4-5-9-16(14)12-20/h1-9H,10-13H2. The monoisotopic (exact) mass is 323 g/mol. The van der Waals surface area contributed by atoms with Crippen molar-refractivity contribution in [1.29, 1.82) is 0 Å². The molecule has 3 aromatic rings. The Bertz CT molecular complexity index is 869. The van der Waals surface area contributed by atoms with Crippen molar-refractivity contribution in [3.8, 4) is 11.5 Å². The number of nitrogens with zero attached hydrogens (tertiary/aromatic N) is 3. The van der Waals surface area contributed by atoms with Gasteiger partial charge >= 0.3 is 0 Å². The van der Waals surface area contributed by atoms with E-state index in [0.717, 1.165) is 25.1 Å². The normalized spacial score (nSPS) is 14.6. The van der Waals surface area contributed by atoms with Gasteiger partial charge in [-0.2, -0.15) is 0 Å². The molecule has 5 heteroatoms. The SMILES string of the molecule is S=c1oc(-c2ccccc2)nn1CN1CCc2ccccc2C1. The molecule has 0 unspecified atom stereocenters. The summed E-state index contributed by atoms with van der Waals surface area (Å²) in [6.45, 7) is 2.58. The van der Waals surface area contributed by atoms with E-state index in [1.54, 1.807) is 4.68 Å². The predicted molar refractivity (Wildman–Crippen MR) is 91.3 cm³/mol. The minimum atomic E-state index is 0.419. The second-order valence-electron chi connectivity index (χ2n) is 5.75. The molecule has 0 saturated heterocycles. The van der Waals surface area contributed by atoms with Crippen molar-refractivity contribution < 1.29 is 4.42 Å². The number of benzene rings is 2. The van der Waals surface area contributed by atoms with Crippen LogP contribution in [0.1, 0.15) is 11.1 Å². The van der Waals surface area contributed by atoms with Crippen LogP contribution in [0.5, 0.6) is 0 Å². The molecule has 0 fully saturated rings. The van der Waals surface area contributed by atoms with Crippen LogP contribution in [-0.2, 0) is 19.6 Å². The van der Waals surface area contributed by atoms with E-state index in [9.17, 15) is 0 Å². The molecule has 0 bridgehead atoms. The van der Waals surface area contributed by atoms with E-state index in [-0.39, 0.29) is 0 Å². The summed E-state index contributed by atoms with van der Waals surface area (Å²) < 4.78 is 7.42. The van der Waals surface area contributed by atoms with Crippen molar-refractivity contribution in [2.45, 2.75) is 19.6 Å². The molecule has 0 amide bonds. The summed E-state index contributed by atoms with van der Waals surface area (Å²) in [4.78, 5) is 2.76. The average Bonchev–Trinajstić information content (AvgIpc) is 2.96. The highest BCUT2D eigenvalue weighted by atomic mass is 32.1. The van der Waals surface area contributed by atoms with Crippen LogP contribution in [0.25, 0.3) is 11.5 Å². The van der Waals surface area contributed by atoms with Gasteiger partial charge in [0.25, 0.3) is 4.84 Å². The third kappa shape index (κ3) is 2.98. The maximum absolute atomic E-state index is 5.65. The Labute approximate surface area is 140 Å². The lowest BCUT2D eigenvalue weighted by Gasteiger charge is -2.28. The van der Waals surface area contributed by atoms with Crippen molar-refractivity contribution in [3.63, 3.8) is 0 Å². The molecule has 0 N–H and O–H groups in total. The molecule has 23 heavy (non-hydrogen) atoms. The lowest BCUT2D eigenvalue weighted by Crippen LogP contribution is -2.32. The Morgan fingerprint density at radius 1 is 1.00 bits per heavy atom. The molecular formula is C18H17N3OS. The molecule has 4 rings (SSSR count). The lowest BCUT2D eigenvalue weighted by atomic mass is 10.0. The third-order valence-electron chi connectivity index (χ3n) is 4.17. The number of rotatable bonds is 3. The van der Waals surface area contributed by atoms with E-state index in [1.165, 1.54) is 11.1 Å². The highest BCUT2D eigenvalue weighted by molar-refractivity contribution is 7.71. The number of aromatic nitrogens is 2.